The number of carbonyl (C=O) groups is 2. The number of nitrogens with zero attached hydrogens (tertiary/aromatic N) is 1. The topological polar surface area (TPSA) is 78.9 Å². The van der Waals surface area contributed by atoms with Crippen LogP contribution in [0.1, 0.15) is 13.8 Å². The van der Waals surface area contributed by atoms with Crippen LogP contribution in [0, 0.1) is 5.41 Å². The normalized spacial score (nSPS) is 16.3. The lowest BCUT2D eigenvalue weighted by molar-refractivity contribution is -0.122. The van der Waals surface area contributed by atoms with Crippen LogP contribution in [0.4, 0.5) is 5.69 Å². The maximum Gasteiger partial charge on any atom is 0.269 e. The quantitative estimate of drug-likeness (QED) is 0.461. The molecule has 3 rings (SSSR count). The van der Waals surface area contributed by atoms with Gasteiger partial charge in [0.2, 0.25) is 0 Å². The van der Waals surface area contributed by atoms with Crippen LogP contribution >= 0.6 is 12.2 Å². The Hall–Kier alpha value is -3.03. The average Bonchev–Trinajstić information content (AvgIpc) is 2.67. The SMILES string of the molecule is CC(C)(C=C1C(=O)NC(=S)N(c2ccc(Oc3ccccc3)cc2)C1=O)CO. The van der Waals surface area contributed by atoms with Crippen molar-refractivity contribution < 1.29 is 19.4 Å². The van der Waals surface area contributed by atoms with Crippen LogP contribution in [0.3, 0.4) is 0 Å². The summed E-state index contributed by atoms with van der Waals surface area (Å²) >= 11 is 5.19. The Kier molecular flexibility index (Phi) is 5.58. The third-order valence-electron chi connectivity index (χ3n) is 4.12. The van der Waals surface area contributed by atoms with Gasteiger partial charge in [0.15, 0.2) is 5.11 Å². The molecule has 0 radical (unpaired) electrons. The van der Waals surface area contributed by atoms with Crippen molar-refractivity contribution in [2.24, 2.45) is 5.41 Å². The van der Waals surface area contributed by atoms with E-state index in [9.17, 15) is 14.7 Å². The van der Waals surface area contributed by atoms with Gasteiger partial charge in [-0.3, -0.25) is 19.8 Å². The zero-order valence-electron chi connectivity index (χ0n) is 15.5. The summed E-state index contributed by atoms with van der Waals surface area (Å²) in [4.78, 5) is 26.4. The first kappa shape index (κ1) is 19.7. The fourth-order valence-electron chi connectivity index (χ4n) is 2.62. The van der Waals surface area contributed by atoms with Crippen LogP contribution in [0.25, 0.3) is 0 Å². The minimum absolute atomic E-state index is 0.00526. The second-order valence-electron chi connectivity index (χ2n) is 7.01. The van der Waals surface area contributed by atoms with Gasteiger partial charge in [0.05, 0.1) is 12.3 Å². The summed E-state index contributed by atoms with van der Waals surface area (Å²) < 4.78 is 5.75. The number of carbonyl (C=O) groups excluding carboxylic acids is 2. The lowest BCUT2D eigenvalue weighted by Crippen LogP contribution is -2.54. The minimum atomic E-state index is -0.722. The van der Waals surface area contributed by atoms with Gasteiger partial charge in [0, 0.05) is 5.41 Å². The molecule has 1 fully saturated rings. The van der Waals surface area contributed by atoms with Crippen molar-refractivity contribution in [2.45, 2.75) is 13.8 Å². The van der Waals surface area contributed by atoms with Gasteiger partial charge in [-0.25, -0.2) is 0 Å². The summed E-state index contributed by atoms with van der Waals surface area (Å²) in [5.74, 6) is 0.193. The Balaban J connectivity index is 1.86. The lowest BCUT2D eigenvalue weighted by atomic mass is 9.90. The van der Waals surface area contributed by atoms with Crippen LogP contribution < -0.4 is 15.0 Å². The summed E-state index contributed by atoms with van der Waals surface area (Å²) in [7, 11) is 0. The molecule has 0 atom stereocenters. The molecule has 1 aliphatic rings. The van der Waals surface area contributed by atoms with Crippen molar-refractivity contribution >= 4 is 34.8 Å². The van der Waals surface area contributed by atoms with Crippen molar-refractivity contribution in [3.8, 4) is 11.5 Å². The number of hydrogen-bond donors (Lipinski definition) is 2. The van der Waals surface area contributed by atoms with Gasteiger partial charge in [0.1, 0.15) is 17.1 Å². The molecule has 0 unspecified atom stereocenters. The molecule has 2 aromatic carbocycles. The largest absolute Gasteiger partial charge is 0.457 e. The molecule has 0 spiro atoms. The predicted octanol–water partition coefficient (Wildman–Crippen LogP) is 3.17. The number of aliphatic hydroxyl groups is 1. The van der Waals surface area contributed by atoms with Crippen molar-refractivity contribution in [3.05, 3.63) is 66.2 Å². The molecular formula is C21H20N2O4S. The van der Waals surface area contributed by atoms with Crippen LogP contribution in [-0.2, 0) is 9.59 Å². The van der Waals surface area contributed by atoms with E-state index in [1.807, 2.05) is 30.3 Å². The van der Waals surface area contributed by atoms with E-state index < -0.39 is 17.2 Å². The smallest absolute Gasteiger partial charge is 0.269 e. The fraction of sp³-hybridized carbons (Fsp3) is 0.190. The van der Waals surface area contributed by atoms with E-state index in [-0.39, 0.29) is 17.3 Å². The highest BCUT2D eigenvalue weighted by Gasteiger charge is 2.35. The van der Waals surface area contributed by atoms with E-state index in [2.05, 4.69) is 5.32 Å². The Labute approximate surface area is 168 Å². The summed E-state index contributed by atoms with van der Waals surface area (Å²) in [6, 6.07) is 16.1. The number of ether oxygens (including phenoxy) is 1. The Morgan fingerprint density at radius 1 is 1.07 bits per heavy atom. The third-order valence-corrected chi connectivity index (χ3v) is 4.40. The van der Waals surface area contributed by atoms with E-state index in [0.717, 1.165) is 0 Å². The van der Waals surface area contributed by atoms with Gasteiger partial charge in [-0.05, 0) is 48.6 Å². The number of aliphatic hydroxyl groups excluding tert-OH is 1. The number of para-hydroxylation sites is 1. The number of hydrogen-bond acceptors (Lipinski definition) is 5. The molecule has 0 aromatic heterocycles. The van der Waals surface area contributed by atoms with Gasteiger partial charge >= 0.3 is 0 Å². The molecule has 1 saturated heterocycles. The van der Waals surface area contributed by atoms with Crippen LogP contribution in [-0.4, -0.2) is 28.6 Å². The molecule has 2 amide bonds. The van der Waals surface area contributed by atoms with Gasteiger partial charge in [-0.2, -0.15) is 0 Å². The molecule has 0 saturated carbocycles. The van der Waals surface area contributed by atoms with Crippen molar-refractivity contribution in [3.63, 3.8) is 0 Å². The number of thiocarbonyl (C=S) groups is 1. The highest BCUT2D eigenvalue weighted by Crippen LogP contribution is 2.28. The van der Waals surface area contributed by atoms with E-state index in [1.54, 1.807) is 38.1 Å². The van der Waals surface area contributed by atoms with Crippen LogP contribution in [0.5, 0.6) is 11.5 Å². The van der Waals surface area contributed by atoms with E-state index >= 15 is 0 Å². The maximum absolute atomic E-state index is 12.9. The van der Waals surface area contributed by atoms with Gasteiger partial charge in [-0.15, -0.1) is 0 Å². The molecule has 0 bridgehead atoms. The van der Waals surface area contributed by atoms with Crippen molar-refractivity contribution in [1.29, 1.82) is 0 Å². The standard InChI is InChI=1S/C21H20N2O4S/c1-21(2,13-24)12-17-18(25)22-20(28)23(19(17)26)14-8-10-16(11-9-14)27-15-6-4-3-5-7-15/h3-12,24H,13H2,1-2H3,(H,22,25,28). The van der Waals surface area contributed by atoms with Crippen molar-refractivity contribution in [2.75, 3.05) is 11.5 Å². The molecule has 2 aromatic rings. The van der Waals surface area contributed by atoms with Crippen LogP contribution in [0.2, 0.25) is 0 Å². The summed E-state index contributed by atoms with van der Waals surface area (Å²) in [5, 5.41) is 12.0. The number of nitrogens with one attached hydrogen (secondary N) is 1. The van der Waals surface area contributed by atoms with E-state index in [0.29, 0.717) is 17.2 Å². The molecule has 1 aliphatic heterocycles. The second-order valence-corrected chi connectivity index (χ2v) is 7.40. The van der Waals surface area contributed by atoms with E-state index in [1.165, 1.54) is 11.0 Å². The third kappa shape index (κ3) is 4.27. The summed E-state index contributed by atoms with van der Waals surface area (Å²) in [6.07, 6.45) is 1.46. The lowest BCUT2D eigenvalue weighted by Gasteiger charge is -2.30. The van der Waals surface area contributed by atoms with Crippen molar-refractivity contribution in [1.82, 2.24) is 5.32 Å². The molecular weight excluding hydrogens is 376 g/mol. The summed E-state index contributed by atoms with van der Waals surface area (Å²) in [6.45, 7) is 3.26. The monoisotopic (exact) mass is 396 g/mol. The maximum atomic E-state index is 12.9. The van der Waals surface area contributed by atoms with Gasteiger partial charge in [0.25, 0.3) is 11.8 Å². The van der Waals surface area contributed by atoms with E-state index in [4.69, 9.17) is 17.0 Å². The number of benzene rings is 2. The highest BCUT2D eigenvalue weighted by molar-refractivity contribution is 7.80. The van der Waals surface area contributed by atoms with Gasteiger partial charge in [-0.1, -0.05) is 38.1 Å². The summed E-state index contributed by atoms with van der Waals surface area (Å²) in [5.41, 5.74) is -0.277. The fourth-order valence-corrected chi connectivity index (χ4v) is 2.90. The molecule has 0 aliphatic carbocycles. The molecule has 144 valence electrons. The Bertz CT molecular complexity index is 937. The Morgan fingerprint density at radius 2 is 1.68 bits per heavy atom. The average molecular weight is 396 g/mol. The number of amides is 2. The second kappa shape index (κ2) is 7.92. The molecule has 28 heavy (non-hydrogen) atoms. The Morgan fingerprint density at radius 3 is 2.29 bits per heavy atom. The molecule has 6 nitrogen and oxygen atoms in total. The number of anilines is 1. The minimum Gasteiger partial charge on any atom is -0.457 e. The first-order chi connectivity index (χ1) is 13.3. The number of rotatable bonds is 5. The van der Waals surface area contributed by atoms with Gasteiger partial charge < -0.3 is 9.84 Å². The highest BCUT2D eigenvalue weighted by atomic mass is 32.1. The predicted molar refractivity (Wildman–Crippen MR) is 110 cm³/mol. The molecule has 7 heteroatoms. The van der Waals surface area contributed by atoms with Crippen LogP contribution in [0.15, 0.2) is 66.2 Å². The zero-order valence-corrected chi connectivity index (χ0v) is 16.3. The first-order valence-corrected chi connectivity index (χ1v) is 9.08. The molecule has 2 N–H and O–H groups in total. The molecule has 1 heterocycles. The first-order valence-electron chi connectivity index (χ1n) is 8.67. The zero-order chi connectivity index (χ0) is 20.3.